The van der Waals surface area contributed by atoms with Gasteiger partial charge in [0.2, 0.25) is 0 Å². The topological polar surface area (TPSA) is 66.4 Å². The quantitative estimate of drug-likeness (QED) is 0.186. The van der Waals surface area contributed by atoms with E-state index < -0.39 is 5.79 Å². The van der Waals surface area contributed by atoms with E-state index in [2.05, 4.69) is 37.4 Å². The second-order valence-electron chi connectivity index (χ2n) is 10.8. The third kappa shape index (κ3) is 83.2. The first-order chi connectivity index (χ1) is 15.3. The molecule has 0 heterocycles. The molecular formula is C34H85NO5. The van der Waals surface area contributed by atoms with Gasteiger partial charge in [-0.2, -0.15) is 0 Å². The zero-order chi connectivity index (χ0) is 28.1. The van der Waals surface area contributed by atoms with E-state index in [9.17, 15) is 4.79 Å². The van der Waals surface area contributed by atoms with Crippen molar-refractivity contribution in [3.8, 4) is 0 Å². The van der Waals surface area contributed by atoms with E-state index in [0.29, 0.717) is 6.10 Å². The Morgan fingerprint density at radius 2 is 1.00 bits per heavy atom. The van der Waals surface area contributed by atoms with Crippen molar-refractivity contribution in [3.63, 3.8) is 0 Å². The van der Waals surface area contributed by atoms with E-state index in [1.807, 2.05) is 55.4 Å². The van der Waals surface area contributed by atoms with Crippen molar-refractivity contribution in [2.75, 3.05) is 28.4 Å². The van der Waals surface area contributed by atoms with E-state index in [1.165, 1.54) is 26.2 Å². The van der Waals surface area contributed by atoms with Gasteiger partial charge in [-0.3, -0.25) is 9.79 Å². The molecule has 40 heavy (non-hydrogen) atoms. The van der Waals surface area contributed by atoms with Gasteiger partial charge < -0.3 is 18.9 Å². The summed E-state index contributed by atoms with van der Waals surface area (Å²) in [5, 5.41) is 0. The number of carbonyl (C=O) groups excluding carboxylic acids is 1. The predicted octanol–water partition coefficient (Wildman–Crippen LogP) is 11.4. The average Bonchev–Trinajstić information content (AvgIpc) is 3.61. The highest BCUT2D eigenvalue weighted by atomic mass is 16.7. The van der Waals surface area contributed by atoms with Crippen LogP contribution >= 0.6 is 0 Å². The van der Waals surface area contributed by atoms with Crippen LogP contribution in [0.25, 0.3) is 0 Å². The van der Waals surface area contributed by atoms with Crippen LogP contribution in [-0.4, -0.2) is 58.1 Å². The maximum Gasteiger partial charge on any atom is 0.302 e. The molecule has 0 aromatic carbocycles. The van der Waals surface area contributed by atoms with Crippen LogP contribution < -0.4 is 0 Å². The number of hydrogen-bond donors (Lipinski definition) is 0. The number of ether oxygens (including phenoxy) is 4. The number of aliphatic imine (C=N–C) groups is 1. The lowest BCUT2D eigenvalue weighted by molar-refractivity contribution is -0.178. The summed E-state index contributed by atoms with van der Waals surface area (Å²) < 4.78 is 19.1. The highest BCUT2D eigenvalue weighted by Gasteiger charge is 2.30. The Kier molecular flexibility index (Phi) is 63.7. The lowest BCUT2D eigenvalue weighted by atomic mass is 10.2. The van der Waals surface area contributed by atoms with Crippen molar-refractivity contribution in [1.29, 1.82) is 0 Å². The van der Waals surface area contributed by atoms with Crippen LogP contribution in [0.5, 0.6) is 0 Å². The van der Waals surface area contributed by atoms with Crippen molar-refractivity contribution in [3.05, 3.63) is 0 Å². The molecular weight excluding hydrogens is 502 g/mol. The van der Waals surface area contributed by atoms with Gasteiger partial charge in [-0.15, -0.1) is 0 Å². The van der Waals surface area contributed by atoms with E-state index in [-0.39, 0.29) is 56.6 Å². The fourth-order valence-corrected chi connectivity index (χ4v) is 1.17. The lowest BCUT2D eigenvalue weighted by Gasteiger charge is -2.19. The lowest BCUT2D eigenvalue weighted by Crippen LogP contribution is -2.24. The molecule has 0 radical (unpaired) electrons. The monoisotopic (exact) mass is 588 g/mol. The van der Waals surface area contributed by atoms with Gasteiger partial charge in [0, 0.05) is 41.0 Å². The van der Waals surface area contributed by atoms with Gasteiger partial charge in [-0.05, 0) is 91.9 Å². The number of esters is 1. The Balaban J connectivity index is -0.0000000329. The molecule has 2 atom stereocenters. The minimum Gasteiger partial charge on any atom is -0.463 e. The molecule has 2 aliphatic rings. The Morgan fingerprint density at radius 1 is 0.775 bits per heavy atom. The zero-order valence-electron chi connectivity index (χ0n) is 25.9. The Bertz CT molecular complexity index is 475. The molecule has 2 aliphatic carbocycles. The highest BCUT2D eigenvalue weighted by molar-refractivity contribution is 5.78. The number of hydrogen-bond acceptors (Lipinski definition) is 6. The summed E-state index contributed by atoms with van der Waals surface area (Å²) in [6, 6.07) is 0. The molecule has 256 valence electrons. The molecule has 0 aromatic rings. The van der Waals surface area contributed by atoms with Gasteiger partial charge in [-0.25, -0.2) is 0 Å². The second-order valence-corrected chi connectivity index (χ2v) is 10.8. The van der Waals surface area contributed by atoms with Gasteiger partial charge in [0.15, 0.2) is 5.79 Å². The number of rotatable bonds is 4. The molecule has 0 aliphatic heterocycles. The van der Waals surface area contributed by atoms with Crippen LogP contribution in [0.2, 0.25) is 0 Å². The van der Waals surface area contributed by atoms with Crippen molar-refractivity contribution < 1.29 is 23.7 Å². The molecule has 0 N–H and O–H groups in total. The second kappa shape index (κ2) is 38.0. The molecule has 2 rings (SSSR count). The number of carbonyl (C=O) groups is 1. The summed E-state index contributed by atoms with van der Waals surface area (Å²) in [6.45, 7) is 25.9. The molecule has 2 saturated carbocycles. The number of methoxy groups -OCH3 is 3. The minimum absolute atomic E-state index is 0. The highest BCUT2D eigenvalue weighted by Crippen LogP contribution is 2.43. The molecule has 2 unspecified atom stereocenters. The minimum atomic E-state index is -0.417. The summed E-state index contributed by atoms with van der Waals surface area (Å²) in [6.07, 6.45) is 4.78. The first-order valence-electron chi connectivity index (χ1n) is 12.5. The molecule has 0 bridgehead atoms. The maximum atomic E-state index is 10.0. The molecule has 0 spiro atoms. The van der Waals surface area contributed by atoms with E-state index in [4.69, 9.17) is 14.2 Å². The SMILES string of the molecule is C.C.C.C.C.C.CC(=O)OC(C)C.CC1(C)CC1.CC1CC1C.CN=C(C)C.COC(C)(C)OC.COC(C)C. The van der Waals surface area contributed by atoms with Gasteiger partial charge in [0.25, 0.3) is 0 Å². The molecule has 2 fully saturated rings. The predicted molar refractivity (Wildman–Crippen MR) is 188 cm³/mol. The molecule has 0 amide bonds. The van der Waals surface area contributed by atoms with Gasteiger partial charge >= 0.3 is 5.97 Å². The van der Waals surface area contributed by atoms with E-state index in [0.717, 1.165) is 23.0 Å². The smallest absolute Gasteiger partial charge is 0.302 e. The van der Waals surface area contributed by atoms with E-state index >= 15 is 0 Å². The van der Waals surface area contributed by atoms with E-state index in [1.54, 1.807) is 28.4 Å². The van der Waals surface area contributed by atoms with Crippen LogP contribution in [-0.2, 0) is 23.7 Å². The zero-order valence-corrected chi connectivity index (χ0v) is 25.9. The Morgan fingerprint density at radius 3 is 1.00 bits per heavy atom. The summed E-state index contributed by atoms with van der Waals surface area (Å²) in [5.41, 5.74) is 1.88. The van der Waals surface area contributed by atoms with Crippen molar-refractivity contribution >= 4 is 11.7 Å². The van der Waals surface area contributed by atoms with Crippen LogP contribution in [0.4, 0.5) is 0 Å². The molecule has 0 aromatic heterocycles. The normalized spacial score (nSPS) is 15.7. The van der Waals surface area contributed by atoms with Crippen LogP contribution in [0, 0.1) is 17.3 Å². The largest absolute Gasteiger partial charge is 0.463 e. The maximum absolute atomic E-state index is 10.0. The van der Waals surface area contributed by atoms with Crippen LogP contribution in [0.15, 0.2) is 4.99 Å². The summed E-state index contributed by atoms with van der Waals surface area (Å²) in [4.78, 5) is 13.8. The first-order valence-corrected chi connectivity index (χ1v) is 12.5. The standard InChI is InChI=1S/C5H12O2.C5H10O2.2C5H10.C4H9N.C4H10O.6CH4/c1-5(2,6-3)7-4;1-4(2)7-5(3)6;1-5(2)3-4-5;1-4-3-5(4)2;2*1-4(2)5-3;;;;;;/h1-4H3;4H,1-3H3;3-4H2,1-2H3;4-5H,3H2,1-2H3;1-3H3;4H,1-3H3;6*1H4. The molecule has 6 nitrogen and oxygen atoms in total. The van der Waals surface area contributed by atoms with Crippen molar-refractivity contribution in [2.24, 2.45) is 22.2 Å². The fraction of sp³-hybridized carbons (Fsp3) is 0.941. The average molecular weight is 588 g/mol. The molecule has 6 heteroatoms. The number of nitrogens with zero attached hydrogens (tertiary/aromatic N) is 1. The Labute approximate surface area is 257 Å². The molecule has 0 saturated heterocycles. The van der Waals surface area contributed by atoms with Crippen molar-refractivity contribution in [2.45, 2.75) is 172 Å². The van der Waals surface area contributed by atoms with Crippen LogP contribution in [0.3, 0.4) is 0 Å². The van der Waals surface area contributed by atoms with Gasteiger partial charge in [0.1, 0.15) is 0 Å². The van der Waals surface area contributed by atoms with Gasteiger partial charge in [-0.1, -0.05) is 72.3 Å². The summed E-state index contributed by atoms with van der Waals surface area (Å²) >= 11 is 0. The summed E-state index contributed by atoms with van der Waals surface area (Å²) in [5.74, 6) is 1.47. The third-order valence-electron chi connectivity index (χ3n) is 5.07. The third-order valence-corrected chi connectivity index (χ3v) is 5.07. The van der Waals surface area contributed by atoms with Crippen LogP contribution in [0.1, 0.15) is 154 Å². The van der Waals surface area contributed by atoms with Crippen molar-refractivity contribution in [1.82, 2.24) is 0 Å². The van der Waals surface area contributed by atoms with Gasteiger partial charge in [0.05, 0.1) is 12.2 Å². The summed E-state index contributed by atoms with van der Waals surface area (Å²) in [7, 11) is 6.72. The first kappa shape index (κ1) is 67.0. The Hall–Kier alpha value is -0.980. The fourth-order valence-electron chi connectivity index (χ4n) is 1.17.